The first kappa shape index (κ1) is 60.7. The first-order chi connectivity index (χ1) is 48.3. The highest BCUT2D eigenvalue weighted by atomic mass is 15.2. The summed E-state index contributed by atoms with van der Waals surface area (Å²) in [5, 5.41) is 0. The molecular formula is C95H82BN3. The number of fused-ring (bicyclic) bond motifs is 4. The Bertz CT molecular complexity index is 4740. The fraction of sp³-hybridized carbons (Fsp3) is 0.179. The zero-order valence-electron chi connectivity index (χ0n) is 57.6. The van der Waals surface area contributed by atoms with Gasteiger partial charge in [-0.25, -0.2) is 0 Å². The second-order valence-electron chi connectivity index (χ2n) is 30.9. The number of hydrogen-bond acceptors (Lipinski definition) is 3. The summed E-state index contributed by atoms with van der Waals surface area (Å²) in [5.74, 6) is 1.55. The van der Waals surface area contributed by atoms with Crippen molar-refractivity contribution in [1.82, 2.24) is 0 Å². The van der Waals surface area contributed by atoms with E-state index in [1.54, 1.807) is 0 Å². The quantitative estimate of drug-likeness (QED) is 0.120. The monoisotopic (exact) mass is 1280 g/mol. The molecule has 480 valence electrons. The second kappa shape index (κ2) is 24.1. The van der Waals surface area contributed by atoms with Gasteiger partial charge in [-0.1, -0.05) is 296 Å². The van der Waals surface area contributed by atoms with Crippen molar-refractivity contribution in [3.8, 4) is 89.0 Å². The number of rotatable bonds is 11. The van der Waals surface area contributed by atoms with Gasteiger partial charge < -0.3 is 14.7 Å². The van der Waals surface area contributed by atoms with E-state index >= 15 is 0 Å². The molecule has 0 N–H and O–H groups in total. The molecule has 4 bridgehead atoms. The molecule has 0 atom stereocenters. The number of hydrogen-bond donors (Lipinski definition) is 0. The van der Waals surface area contributed by atoms with Gasteiger partial charge in [0.1, 0.15) is 0 Å². The molecule has 4 heteroatoms. The molecule has 0 unspecified atom stereocenters. The highest BCUT2D eigenvalue weighted by Crippen LogP contribution is 2.58. The van der Waals surface area contributed by atoms with E-state index in [0.717, 1.165) is 11.8 Å². The van der Waals surface area contributed by atoms with Gasteiger partial charge in [0.25, 0.3) is 6.71 Å². The maximum Gasteiger partial charge on any atom is 0.252 e. The van der Waals surface area contributed by atoms with Gasteiger partial charge in [0, 0.05) is 62.8 Å². The van der Waals surface area contributed by atoms with Crippen molar-refractivity contribution in [3.63, 3.8) is 0 Å². The van der Waals surface area contributed by atoms with Crippen LogP contribution in [0.25, 0.3) is 89.0 Å². The topological polar surface area (TPSA) is 9.72 Å². The van der Waals surface area contributed by atoms with Crippen molar-refractivity contribution in [1.29, 1.82) is 0 Å². The van der Waals surface area contributed by atoms with Crippen molar-refractivity contribution >= 4 is 62.9 Å². The standard InChI is InChI=1S/C95H82BN3/c1-94(2,3)76-43-37-66(38-44-76)72-41-47-85-87(58-72)98(92-81(68-29-17-9-18-30-68)54-74(64-25-13-7-14-26-64)55-82(92)69-31-19-10-20-32-69)89-60-80(97-78-50-62-49-63(52-78)53-79(97)51-62)61-90-91(89)96(85)86-48-42-73(67-39-45-77(46-40-67)95(4,5)6)59-88(86)99(90)93-83(70-33-21-11-22-34-70)56-75(65-27-15-8-16-28-65)57-84(93)71-35-23-12-24-36-71/h7-48,54-63,78-79H,49-53H2,1-6H3. The first-order valence-corrected chi connectivity index (χ1v) is 36.1. The van der Waals surface area contributed by atoms with Crippen LogP contribution in [0.4, 0.5) is 39.8 Å². The van der Waals surface area contributed by atoms with E-state index in [9.17, 15) is 0 Å². The Morgan fingerprint density at radius 2 is 0.566 bits per heavy atom. The number of benzene rings is 13. The predicted molar refractivity (Wildman–Crippen MR) is 421 cm³/mol. The molecule has 2 saturated carbocycles. The van der Waals surface area contributed by atoms with Crippen molar-refractivity contribution in [2.75, 3.05) is 14.7 Å². The van der Waals surface area contributed by atoms with Crippen molar-refractivity contribution < 1.29 is 0 Å². The minimum atomic E-state index is -0.169. The summed E-state index contributed by atoms with van der Waals surface area (Å²) in [4.78, 5) is 8.52. The fourth-order valence-electron chi connectivity index (χ4n) is 17.9. The first-order valence-electron chi connectivity index (χ1n) is 36.1. The predicted octanol–water partition coefficient (Wildman–Crippen LogP) is 23.5. The highest BCUT2D eigenvalue weighted by molar-refractivity contribution is 7.00. The van der Waals surface area contributed by atoms with Crippen LogP contribution in [0, 0.1) is 11.8 Å². The molecule has 2 saturated heterocycles. The molecule has 6 aliphatic rings. The lowest BCUT2D eigenvalue weighted by Crippen LogP contribution is -2.62. The summed E-state index contributed by atoms with van der Waals surface area (Å²) in [6.07, 6.45) is 6.34. The van der Waals surface area contributed by atoms with Crippen LogP contribution in [-0.4, -0.2) is 18.8 Å². The average Bonchev–Trinajstić information content (AvgIpc) is 0.685. The third kappa shape index (κ3) is 10.7. The van der Waals surface area contributed by atoms with Crippen LogP contribution in [-0.2, 0) is 10.8 Å². The molecule has 0 amide bonds. The molecule has 4 fully saturated rings. The van der Waals surface area contributed by atoms with E-state index in [2.05, 4.69) is 360 Å². The molecule has 0 radical (unpaired) electrons. The van der Waals surface area contributed by atoms with E-state index in [0.29, 0.717) is 12.1 Å². The number of nitrogens with zero attached hydrogens (tertiary/aromatic N) is 3. The van der Waals surface area contributed by atoms with Gasteiger partial charge in [0.2, 0.25) is 0 Å². The zero-order chi connectivity index (χ0) is 66.7. The minimum Gasteiger partial charge on any atom is -0.365 e. The van der Waals surface area contributed by atoms with Crippen molar-refractivity contribution in [3.05, 3.63) is 314 Å². The third-order valence-corrected chi connectivity index (χ3v) is 22.6. The van der Waals surface area contributed by atoms with E-state index in [1.807, 2.05) is 0 Å². The lowest BCUT2D eigenvalue weighted by atomic mass is 9.33. The van der Waals surface area contributed by atoms with Gasteiger partial charge in [-0.05, 0) is 198 Å². The molecule has 13 aromatic carbocycles. The molecule has 0 spiro atoms. The largest absolute Gasteiger partial charge is 0.365 e. The van der Waals surface area contributed by atoms with Gasteiger partial charge in [0.05, 0.1) is 11.4 Å². The summed E-state index contributed by atoms with van der Waals surface area (Å²) in [6.45, 7) is 13.7. The molecule has 19 rings (SSSR count). The Labute approximate surface area is 585 Å². The Kier molecular flexibility index (Phi) is 14.8. The van der Waals surface area contributed by atoms with E-state index in [1.165, 1.54) is 188 Å². The molecule has 99 heavy (non-hydrogen) atoms. The summed E-state index contributed by atoms with van der Waals surface area (Å²) in [7, 11) is 0. The Balaban J connectivity index is 1.01. The number of anilines is 7. The lowest BCUT2D eigenvalue weighted by Gasteiger charge is -2.58. The highest BCUT2D eigenvalue weighted by Gasteiger charge is 2.50. The maximum atomic E-state index is 2.96. The van der Waals surface area contributed by atoms with E-state index < -0.39 is 0 Å². The SMILES string of the molecule is CC(C)(C)c1ccc(-c2ccc3c(c2)N(c2c(-c4ccccc4)cc(-c4ccccc4)cc2-c2ccccc2)c2cc(N4C5CC6CC(C5)CC4C6)cc4c2B3c2ccc(-c3ccc(C(C)(C)C)cc3)cc2N4c2c(-c3ccccc3)cc(-c3ccccc3)cc2-c2ccccc2)cc1. The van der Waals surface area contributed by atoms with Crippen LogP contribution >= 0.6 is 0 Å². The summed E-state index contributed by atoms with van der Waals surface area (Å²) < 4.78 is 0. The summed E-state index contributed by atoms with van der Waals surface area (Å²) in [5.41, 5.74) is 33.9. The summed E-state index contributed by atoms with van der Waals surface area (Å²) >= 11 is 0. The molecule has 3 nitrogen and oxygen atoms in total. The van der Waals surface area contributed by atoms with Crippen molar-refractivity contribution in [2.45, 2.75) is 96.6 Å². The minimum absolute atomic E-state index is 0.0108. The molecule has 4 heterocycles. The Morgan fingerprint density at radius 1 is 0.273 bits per heavy atom. The zero-order valence-corrected chi connectivity index (χ0v) is 57.6. The fourth-order valence-corrected chi connectivity index (χ4v) is 17.9. The van der Waals surface area contributed by atoms with Crippen LogP contribution in [0.1, 0.15) is 84.8 Å². The molecule has 4 aliphatic heterocycles. The Hall–Kier alpha value is -10.7. The number of piperidine rings is 2. The smallest absolute Gasteiger partial charge is 0.252 e. The van der Waals surface area contributed by atoms with Crippen LogP contribution in [0.15, 0.2) is 303 Å². The average molecular weight is 1280 g/mol. The van der Waals surface area contributed by atoms with Crippen LogP contribution in [0.5, 0.6) is 0 Å². The van der Waals surface area contributed by atoms with Gasteiger partial charge in [-0.15, -0.1) is 0 Å². The van der Waals surface area contributed by atoms with Crippen LogP contribution in [0.2, 0.25) is 0 Å². The maximum absolute atomic E-state index is 2.96. The van der Waals surface area contributed by atoms with Gasteiger partial charge in [0.15, 0.2) is 0 Å². The Morgan fingerprint density at radius 3 is 0.879 bits per heavy atom. The normalized spacial score (nSPS) is 17.3. The van der Waals surface area contributed by atoms with E-state index in [-0.39, 0.29) is 17.5 Å². The third-order valence-electron chi connectivity index (χ3n) is 22.6. The second-order valence-corrected chi connectivity index (χ2v) is 30.9. The summed E-state index contributed by atoms with van der Waals surface area (Å²) in [6, 6.07) is 117. The molecular weight excluding hydrogens is 1190 g/mol. The molecule has 13 aromatic rings. The van der Waals surface area contributed by atoms with E-state index in [4.69, 9.17) is 0 Å². The molecule has 0 aromatic heterocycles. The van der Waals surface area contributed by atoms with Crippen molar-refractivity contribution in [2.24, 2.45) is 11.8 Å². The lowest BCUT2D eigenvalue weighted by molar-refractivity contribution is 0.0900. The van der Waals surface area contributed by atoms with Gasteiger partial charge in [-0.2, -0.15) is 0 Å². The molecule has 2 aliphatic carbocycles. The van der Waals surface area contributed by atoms with Gasteiger partial charge >= 0.3 is 0 Å². The van der Waals surface area contributed by atoms with Crippen LogP contribution < -0.4 is 31.1 Å². The van der Waals surface area contributed by atoms with Crippen LogP contribution in [0.3, 0.4) is 0 Å². The van der Waals surface area contributed by atoms with Gasteiger partial charge in [-0.3, -0.25) is 0 Å².